The standard InChI is InChI=1S/C10H10O2/c11-10(12)8-4-3-7-9-5-1-2-6-9/h1-9H,(H,11,12)/b7-3+,8-4+. The largest absolute Gasteiger partial charge is 0.478 e. The molecule has 1 N–H and O–H groups in total. The minimum atomic E-state index is -0.919. The molecule has 0 aromatic heterocycles. The number of rotatable bonds is 3. The van der Waals surface area contributed by atoms with Crippen molar-refractivity contribution in [3.05, 3.63) is 48.6 Å². The molecule has 1 aliphatic rings. The highest BCUT2D eigenvalue weighted by atomic mass is 16.4. The van der Waals surface area contributed by atoms with Gasteiger partial charge in [-0.25, -0.2) is 4.79 Å². The second-order valence-corrected chi connectivity index (χ2v) is 2.43. The maximum absolute atomic E-state index is 10.0. The summed E-state index contributed by atoms with van der Waals surface area (Å²) in [6.07, 6.45) is 14.3. The molecule has 0 amide bonds. The van der Waals surface area contributed by atoms with E-state index in [0.717, 1.165) is 6.08 Å². The fraction of sp³-hybridized carbons (Fsp3) is 0.100. The van der Waals surface area contributed by atoms with Crippen LogP contribution in [0.4, 0.5) is 0 Å². The van der Waals surface area contributed by atoms with E-state index in [1.807, 2.05) is 30.4 Å². The molecule has 0 fully saturated rings. The molecule has 0 heterocycles. The van der Waals surface area contributed by atoms with Crippen molar-refractivity contribution < 1.29 is 9.90 Å². The number of hydrogen-bond acceptors (Lipinski definition) is 1. The van der Waals surface area contributed by atoms with E-state index in [9.17, 15) is 4.79 Å². The van der Waals surface area contributed by atoms with Crippen LogP contribution in [0.25, 0.3) is 0 Å². The van der Waals surface area contributed by atoms with Crippen molar-refractivity contribution in [1.29, 1.82) is 0 Å². The van der Waals surface area contributed by atoms with Crippen LogP contribution >= 0.6 is 0 Å². The zero-order chi connectivity index (χ0) is 8.81. The molecule has 12 heavy (non-hydrogen) atoms. The Balaban J connectivity index is 2.35. The highest BCUT2D eigenvalue weighted by molar-refractivity contribution is 5.80. The number of aliphatic carboxylic acids is 1. The van der Waals surface area contributed by atoms with Crippen molar-refractivity contribution in [3.8, 4) is 0 Å². The molecule has 1 aliphatic carbocycles. The van der Waals surface area contributed by atoms with Gasteiger partial charge in [-0.3, -0.25) is 0 Å². The zero-order valence-electron chi connectivity index (χ0n) is 6.55. The van der Waals surface area contributed by atoms with Gasteiger partial charge in [0.25, 0.3) is 0 Å². The third kappa shape index (κ3) is 3.01. The Morgan fingerprint density at radius 3 is 2.50 bits per heavy atom. The molecule has 2 heteroatoms. The minimum Gasteiger partial charge on any atom is -0.478 e. The number of carbonyl (C=O) groups is 1. The summed E-state index contributed by atoms with van der Waals surface area (Å²) in [5, 5.41) is 8.26. The van der Waals surface area contributed by atoms with Gasteiger partial charge in [-0.05, 0) is 0 Å². The first-order valence-electron chi connectivity index (χ1n) is 3.72. The smallest absolute Gasteiger partial charge is 0.328 e. The molecule has 0 saturated carbocycles. The Labute approximate surface area is 71.2 Å². The number of carboxylic acid groups (broad SMARTS) is 1. The van der Waals surface area contributed by atoms with E-state index in [4.69, 9.17) is 5.11 Å². The lowest BCUT2D eigenvalue weighted by Crippen LogP contribution is -1.84. The minimum absolute atomic E-state index is 0.323. The highest BCUT2D eigenvalue weighted by Crippen LogP contribution is 2.09. The predicted molar refractivity (Wildman–Crippen MR) is 47.7 cm³/mol. The van der Waals surface area contributed by atoms with Crippen molar-refractivity contribution in [2.75, 3.05) is 0 Å². The third-order valence-electron chi connectivity index (χ3n) is 1.46. The van der Waals surface area contributed by atoms with Gasteiger partial charge in [0.05, 0.1) is 0 Å². The topological polar surface area (TPSA) is 37.3 Å². The van der Waals surface area contributed by atoms with E-state index in [0.29, 0.717) is 5.92 Å². The van der Waals surface area contributed by atoms with E-state index in [1.165, 1.54) is 6.08 Å². The lowest BCUT2D eigenvalue weighted by atomic mass is 10.1. The van der Waals surface area contributed by atoms with Crippen LogP contribution in [-0.2, 0) is 4.79 Å². The summed E-state index contributed by atoms with van der Waals surface area (Å²) in [6.45, 7) is 0. The molecule has 0 saturated heterocycles. The number of hydrogen-bond donors (Lipinski definition) is 1. The molecule has 0 bridgehead atoms. The quantitative estimate of drug-likeness (QED) is 0.508. The molecule has 2 nitrogen and oxygen atoms in total. The van der Waals surface area contributed by atoms with Gasteiger partial charge in [0.1, 0.15) is 0 Å². The second-order valence-electron chi connectivity index (χ2n) is 2.43. The summed E-state index contributed by atoms with van der Waals surface area (Å²) in [6, 6.07) is 0. The fourth-order valence-corrected chi connectivity index (χ4v) is 0.908. The van der Waals surface area contributed by atoms with Gasteiger partial charge in [-0.15, -0.1) is 0 Å². The summed E-state index contributed by atoms with van der Waals surface area (Å²) in [7, 11) is 0. The van der Waals surface area contributed by atoms with E-state index < -0.39 is 5.97 Å². The van der Waals surface area contributed by atoms with Crippen LogP contribution in [0.15, 0.2) is 48.6 Å². The van der Waals surface area contributed by atoms with Crippen LogP contribution in [-0.4, -0.2) is 11.1 Å². The zero-order valence-corrected chi connectivity index (χ0v) is 6.55. The van der Waals surface area contributed by atoms with E-state index in [2.05, 4.69) is 0 Å². The van der Waals surface area contributed by atoms with Crippen molar-refractivity contribution >= 4 is 5.97 Å². The Hall–Kier alpha value is -1.57. The first kappa shape index (κ1) is 8.53. The Morgan fingerprint density at radius 2 is 1.92 bits per heavy atom. The summed E-state index contributed by atoms with van der Waals surface area (Å²) >= 11 is 0. The number of allylic oxidation sites excluding steroid dienone is 7. The summed E-state index contributed by atoms with van der Waals surface area (Å²) in [4.78, 5) is 10.0. The van der Waals surface area contributed by atoms with Crippen molar-refractivity contribution in [2.24, 2.45) is 5.92 Å². The van der Waals surface area contributed by atoms with Gasteiger partial charge >= 0.3 is 5.97 Å². The van der Waals surface area contributed by atoms with Gasteiger partial charge in [-0.2, -0.15) is 0 Å². The maximum Gasteiger partial charge on any atom is 0.328 e. The molecule has 0 unspecified atom stereocenters. The lowest BCUT2D eigenvalue weighted by Gasteiger charge is -1.91. The monoisotopic (exact) mass is 162 g/mol. The molecular weight excluding hydrogens is 152 g/mol. The average Bonchev–Trinajstić information content (AvgIpc) is 2.49. The van der Waals surface area contributed by atoms with Gasteiger partial charge in [0, 0.05) is 12.0 Å². The van der Waals surface area contributed by atoms with Crippen LogP contribution in [0, 0.1) is 5.92 Å². The van der Waals surface area contributed by atoms with E-state index in [1.54, 1.807) is 6.08 Å². The number of carboxylic acids is 1. The third-order valence-corrected chi connectivity index (χ3v) is 1.46. The molecule has 0 aromatic rings. The Kier molecular flexibility index (Phi) is 3.08. The fourth-order valence-electron chi connectivity index (χ4n) is 0.908. The molecule has 0 aliphatic heterocycles. The lowest BCUT2D eigenvalue weighted by molar-refractivity contribution is -0.131. The maximum atomic E-state index is 10.0. The van der Waals surface area contributed by atoms with Gasteiger partial charge in [0.2, 0.25) is 0 Å². The van der Waals surface area contributed by atoms with Crippen LogP contribution < -0.4 is 0 Å². The van der Waals surface area contributed by atoms with Crippen molar-refractivity contribution in [1.82, 2.24) is 0 Å². The molecule has 0 atom stereocenters. The average molecular weight is 162 g/mol. The normalized spacial score (nSPS) is 17.0. The summed E-state index contributed by atoms with van der Waals surface area (Å²) in [5.74, 6) is -0.597. The van der Waals surface area contributed by atoms with Crippen LogP contribution in [0.2, 0.25) is 0 Å². The summed E-state index contributed by atoms with van der Waals surface area (Å²) in [5.41, 5.74) is 0. The van der Waals surface area contributed by atoms with Gasteiger partial charge < -0.3 is 5.11 Å². The van der Waals surface area contributed by atoms with E-state index in [-0.39, 0.29) is 0 Å². The van der Waals surface area contributed by atoms with Crippen molar-refractivity contribution in [3.63, 3.8) is 0 Å². The molecule has 62 valence electrons. The first-order chi connectivity index (χ1) is 5.79. The van der Waals surface area contributed by atoms with Gasteiger partial charge in [0.15, 0.2) is 0 Å². The SMILES string of the molecule is O=C(O)/C=C/C=C/C1C=CC=C1. The first-order valence-corrected chi connectivity index (χ1v) is 3.72. The van der Waals surface area contributed by atoms with Crippen LogP contribution in [0.3, 0.4) is 0 Å². The van der Waals surface area contributed by atoms with Gasteiger partial charge in [-0.1, -0.05) is 42.5 Å². The highest BCUT2D eigenvalue weighted by Gasteiger charge is 1.95. The van der Waals surface area contributed by atoms with Crippen molar-refractivity contribution in [2.45, 2.75) is 0 Å². The second kappa shape index (κ2) is 4.34. The molecule has 0 aromatic carbocycles. The Bertz CT molecular complexity index is 258. The predicted octanol–water partition coefficient (Wildman–Crippen LogP) is 1.93. The van der Waals surface area contributed by atoms with E-state index >= 15 is 0 Å². The molecule has 0 spiro atoms. The molecular formula is C10H10O2. The molecule has 0 radical (unpaired) electrons. The van der Waals surface area contributed by atoms with Crippen LogP contribution in [0.1, 0.15) is 0 Å². The molecule has 1 rings (SSSR count). The summed E-state index contributed by atoms with van der Waals surface area (Å²) < 4.78 is 0. The Morgan fingerprint density at radius 1 is 1.25 bits per heavy atom. The van der Waals surface area contributed by atoms with Crippen LogP contribution in [0.5, 0.6) is 0 Å².